The maximum atomic E-state index is 11.6. The Morgan fingerprint density at radius 1 is 1.43 bits per heavy atom. The molecule has 114 valence electrons. The number of nitrogens with zero attached hydrogens (tertiary/aromatic N) is 2. The van der Waals surface area contributed by atoms with E-state index in [1.807, 2.05) is 18.4 Å². The summed E-state index contributed by atoms with van der Waals surface area (Å²) in [7, 11) is -3.91. The molecule has 0 saturated heterocycles. The predicted molar refractivity (Wildman–Crippen MR) is 79.8 cm³/mol. The Morgan fingerprint density at radius 3 is 2.76 bits per heavy atom. The highest BCUT2D eigenvalue weighted by Gasteiger charge is 2.16. The van der Waals surface area contributed by atoms with Gasteiger partial charge in [-0.2, -0.15) is 0 Å². The van der Waals surface area contributed by atoms with Crippen LogP contribution in [0, 0.1) is 0 Å². The van der Waals surface area contributed by atoms with Gasteiger partial charge >= 0.3 is 0 Å². The smallest absolute Gasteiger partial charge is 0.241 e. The van der Waals surface area contributed by atoms with Crippen molar-refractivity contribution >= 4 is 21.6 Å². The molecule has 2 rings (SSSR count). The number of halogens is 1. The molecule has 1 aromatic heterocycles. The summed E-state index contributed by atoms with van der Waals surface area (Å²) in [5.41, 5.74) is 0.834. The molecule has 21 heavy (non-hydrogen) atoms. The van der Waals surface area contributed by atoms with Gasteiger partial charge in [-0.1, -0.05) is 11.6 Å². The molecule has 0 fully saturated rings. The van der Waals surface area contributed by atoms with Crippen molar-refractivity contribution in [2.24, 2.45) is 5.14 Å². The van der Waals surface area contributed by atoms with Crippen molar-refractivity contribution in [3.8, 4) is 5.75 Å². The molecular formula is C13H16ClN3O3S. The van der Waals surface area contributed by atoms with E-state index in [9.17, 15) is 8.42 Å². The van der Waals surface area contributed by atoms with E-state index in [0.717, 1.165) is 5.69 Å². The molecule has 1 aromatic carbocycles. The molecule has 0 aliphatic rings. The summed E-state index contributed by atoms with van der Waals surface area (Å²) >= 11 is 5.80. The third kappa shape index (κ3) is 3.75. The average Bonchev–Trinajstić information content (AvgIpc) is 2.84. The van der Waals surface area contributed by atoms with Crippen LogP contribution in [0.15, 0.2) is 35.6 Å². The normalized spacial score (nSPS) is 11.9. The van der Waals surface area contributed by atoms with Crippen LogP contribution in [0.4, 0.5) is 0 Å². The van der Waals surface area contributed by atoms with E-state index in [1.165, 1.54) is 12.1 Å². The van der Waals surface area contributed by atoms with Crippen LogP contribution < -0.4 is 9.88 Å². The van der Waals surface area contributed by atoms with Crippen molar-refractivity contribution < 1.29 is 13.2 Å². The number of hydrogen-bond acceptors (Lipinski definition) is 4. The SMILES string of the molecule is CC(C)n1cncc1COc1ccc(Cl)cc1S(N)(=O)=O. The molecule has 0 radical (unpaired) electrons. The summed E-state index contributed by atoms with van der Waals surface area (Å²) in [5.74, 6) is 0.165. The van der Waals surface area contributed by atoms with Crippen LogP contribution in [-0.2, 0) is 16.6 Å². The number of imidazole rings is 1. The molecule has 0 amide bonds. The summed E-state index contributed by atoms with van der Waals surface area (Å²) in [6, 6.07) is 4.53. The summed E-state index contributed by atoms with van der Waals surface area (Å²) in [6.07, 6.45) is 3.37. The van der Waals surface area contributed by atoms with E-state index < -0.39 is 10.0 Å². The van der Waals surface area contributed by atoms with Crippen LogP contribution in [-0.4, -0.2) is 18.0 Å². The highest BCUT2D eigenvalue weighted by molar-refractivity contribution is 7.89. The van der Waals surface area contributed by atoms with Gasteiger partial charge < -0.3 is 9.30 Å². The lowest BCUT2D eigenvalue weighted by atomic mass is 10.3. The number of benzene rings is 1. The van der Waals surface area contributed by atoms with E-state index in [0.29, 0.717) is 0 Å². The van der Waals surface area contributed by atoms with Gasteiger partial charge in [-0.15, -0.1) is 0 Å². The number of nitrogens with two attached hydrogens (primary N) is 1. The zero-order valence-corrected chi connectivity index (χ0v) is 13.2. The quantitative estimate of drug-likeness (QED) is 0.912. The van der Waals surface area contributed by atoms with E-state index in [4.69, 9.17) is 21.5 Å². The minimum Gasteiger partial charge on any atom is -0.486 e. The van der Waals surface area contributed by atoms with E-state index in [-0.39, 0.29) is 28.3 Å². The van der Waals surface area contributed by atoms with E-state index in [2.05, 4.69) is 4.98 Å². The van der Waals surface area contributed by atoms with Gasteiger partial charge in [0.15, 0.2) is 0 Å². The van der Waals surface area contributed by atoms with Gasteiger partial charge in [0.1, 0.15) is 17.3 Å². The number of hydrogen-bond donors (Lipinski definition) is 1. The van der Waals surface area contributed by atoms with Crippen molar-refractivity contribution in [3.63, 3.8) is 0 Å². The molecule has 0 aliphatic heterocycles. The van der Waals surface area contributed by atoms with Gasteiger partial charge in [-0.3, -0.25) is 0 Å². The van der Waals surface area contributed by atoms with Crippen molar-refractivity contribution in [3.05, 3.63) is 41.4 Å². The summed E-state index contributed by atoms with van der Waals surface area (Å²) in [6.45, 7) is 4.22. The van der Waals surface area contributed by atoms with Gasteiger partial charge in [-0.05, 0) is 32.0 Å². The van der Waals surface area contributed by atoms with Gasteiger partial charge in [-0.25, -0.2) is 18.5 Å². The zero-order valence-electron chi connectivity index (χ0n) is 11.7. The van der Waals surface area contributed by atoms with Gasteiger partial charge in [0.25, 0.3) is 0 Å². The van der Waals surface area contributed by atoms with Crippen LogP contribution >= 0.6 is 11.6 Å². The second-order valence-electron chi connectivity index (χ2n) is 4.81. The molecule has 1 heterocycles. The molecule has 0 atom stereocenters. The molecule has 6 nitrogen and oxygen atoms in total. The molecule has 0 unspecified atom stereocenters. The van der Waals surface area contributed by atoms with Crippen molar-refractivity contribution in [1.82, 2.24) is 9.55 Å². The van der Waals surface area contributed by atoms with Gasteiger partial charge in [0, 0.05) is 11.1 Å². The lowest BCUT2D eigenvalue weighted by molar-refractivity contribution is 0.284. The van der Waals surface area contributed by atoms with Crippen molar-refractivity contribution in [2.75, 3.05) is 0 Å². The fourth-order valence-corrected chi connectivity index (χ4v) is 2.82. The highest BCUT2D eigenvalue weighted by Crippen LogP contribution is 2.27. The second-order valence-corrected chi connectivity index (χ2v) is 6.78. The molecular weight excluding hydrogens is 314 g/mol. The Hall–Kier alpha value is -1.57. The fourth-order valence-electron chi connectivity index (χ4n) is 1.88. The molecule has 0 saturated carbocycles. The Bertz CT molecular complexity index is 741. The minimum absolute atomic E-state index is 0.134. The Balaban J connectivity index is 2.27. The molecule has 0 bridgehead atoms. The van der Waals surface area contributed by atoms with Crippen LogP contribution in [0.25, 0.3) is 0 Å². The van der Waals surface area contributed by atoms with Gasteiger partial charge in [0.2, 0.25) is 10.0 Å². The van der Waals surface area contributed by atoms with Gasteiger partial charge in [0.05, 0.1) is 18.2 Å². The summed E-state index contributed by atoms with van der Waals surface area (Å²) in [5, 5.41) is 5.45. The first-order chi connectivity index (χ1) is 9.79. The first-order valence-corrected chi connectivity index (χ1v) is 8.17. The van der Waals surface area contributed by atoms with Crippen molar-refractivity contribution in [2.45, 2.75) is 31.4 Å². The zero-order chi connectivity index (χ0) is 15.6. The lowest BCUT2D eigenvalue weighted by Gasteiger charge is -2.14. The molecule has 2 N–H and O–H groups in total. The van der Waals surface area contributed by atoms with Crippen LogP contribution in [0.5, 0.6) is 5.75 Å². The molecule has 0 aliphatic carbocycles. The molecule has 2 aromatic rings. The number of rotatable bonds is 5. The third-order valence-electron chi connectivity index (χ3n) is 2.89. The van der Waals surface area contributed by atoms with Crippen LogP contribution in [0.2, 0.25) is 5.02 Å². The van der Waals surface area contributed by atoms with E-state index >= 15 is 0 Å². The van der Waals surface area contributed by atoms with Crippen LogP contribution in [0.3, 0.4) is 0 Å². The van der Waals surface area contributed by atoms with E-state index in [1.54, 1.807) is 18.6 Å². The molecule has 0 spiro atoms. The molecule has 8 heteroatoms. The average molecular weight is 330 g/mol. The Labute approximate surface area is 128 Å². The second kappa shape index (κ2) is 6.05. The Kier molecular flexibility index (Phi) is 4.55. The summed E-state index contributed by atoms with van der Waals surface area (Å²) in [4.78, 5) is 3.93. The predicted octanol–water partition coefficient (Wildman–Crippen LogP) is 2.34. The standard InChI is InChI=1S/C13H16ClN3O3S/c1-9(2)17-8-16-6-11(17)7-20-12-4-3-10(14)5-13(12)21(15,18)19/h3-6,8-9H,7H2,1-2H3,(H2,15,18,19). The number of primary sulfonamides is 1. The van der Waals surface area contributed by atoms with Crippen LogP contribution in [0.1, 0.15) is 25.6 Å². The highest BCUT2D eigenvalue weighted by atomic mass is 35.5. The largest absolute Gasteiger partial charge is 0.486 e. The number of aromatic nitrogens is 2. The number of sulfonamides is 1. The monoisotopic (exact) mass is 329 g/mol. The maximum absolute atomic E-state index is 11.6. The Morgan fingerprint density at radius 2 is 2.14 bits per heavy atom. The van der Waals surface area contributed by atoms with Crippen molar-refractivity contribution in [1.29, 1.82) is 0 Å². The summed E-state index contributed by atoms with van der Waals surface area (Å²) < 4.78 is 30.6. The lowest BCUT2D eigenvalue weighted by Crippen LogP contribution is -2.14. The maximum Gasteiger partial charge on any atom is 0.241 e. The topological polar surface area (TPSA) is 87.2 Å². The minimum atomic E-state index is -3.91. The third-order valence-corrected chi connectivity index (χ3v) is 4.06. The first-order valence-electron chi connectivity index (χ1n) is 6.25. The number of ether oxygens (including phenoxy) is 1. The fraction of sp³-hybridized carbons (Fsp3) is 0.308. The first kappa shape index (κ1) is 15.8.